The number of anilines is 1. The Balaban J connectivity index is 1.58. The van der Waals surface area contributed by atoms with Gasteiger partial charge in [-0.05, 0) is 65.0 Å². The molecule has 1 aliphatic heterocycles. The monoisotopic (exact) mass is 373 g/mol. The molecule has 1 aliphatic rings. The number of hydrogen-bond acceptors (Lipinski definition) is 3. The Bertz CT molecular complexity index is 649. The highest BCUT2D eigenvalue weighted by Gasteiger charge is 2.17. The third kappa shape index (κ3) is 4.32. The third-order valence-electron chi connectivity index (χ3n) is 4.05. The number of carbonyl (C=O) groups is 1. The number of nitrogens with zero attached hydrogens (tertiary/aromatic N) is 2. The molecule has 23 heavy (non-hydrogen) atoms. The van der Waals surface area contributed by atoms with Gasteiger partial charge in [-0.15, -0.1) is 0 Å². The molecule has 1 saturated heterocycles. The minimum atomic E-state index is 0.152. The average molecular weight is 374 g/mol. The molecule has 4 nitrogen and oxygen atoms in total. The van der Waals surface area contributed by atoms with Crippen LogP contribution in [0.4, 0.5) is 5.82 Å². The lowest BCUT2D eigenvalue weighted by molar-refractivity contribution is 0.0724. The number of likely N-dealkylation sites (tertiary alicyclic amines) is 1. The van der Waals surface area contributed by atoms with Gasteiger partial charge in [-0.3, -0.25) is 4.79 Å². The van der Waals surface area contributed by atoms with Gasteiger partial charge in [0.1, 0.15) is 5.82 Å². The second-order valence-corrected chi connectivity index (χ2v) is 6.68. The summed E-state index contributed by atoms with van der Waals surface area (Å²) >= 11 is 3.37. The van der Waals surface area contributed by atoms with Gasteiger partial charge in [-0.25, -0.2) is 4.98 Å². The van der Waals surface area contributed by atoms with E-state index in [-0.39, 0.29) is 5.91 Å². The zero-order valence-electron chi connectivity index (χ0n) is 13.0. The molecule has 0 radical (unpaired) electrons. The lowest BCUT2D eigenvalue weighted by Gasteiger charge is -2.26. The minimum Gasteiger partial charge on any atom is -0.366 e. The van der Waals surface area contributed by atoms with Gasteiger partial charge < -0.3 is 10.2 Å². The van der Waals surface area contributed by atoms with Crippen molar-refractivity contribution in [2.75, 3.05) is 18.4 Å². The summed E-state index contributed by atoms with van der Waals surface area (Å²) in [6.45, 7) is 2.46. The molecule has 0 saturated carbocycles. The molecule has 3 rings (SSSR count). The summed E-state index contributed by atoms with van der Waals surface area (Å²) < 4.78 is 0.962. The third-order valence-corrected chi connectivity index (χ3v) is 4.51. The zero-order valence-corrected chi connectivity index (χ0v) is 14.6. The van der Waals surface area contributed by atoms with Gasteiger partial charge in [0.2, 0.25) is 0 Å². The van der Waals surface area contributed by atoms with Crippen molar-refractivity contribution >= 4 is 27.7 Å². The van der Waals surface area contributed by atoms with Crippen LogP contribution in [-0.2, 0) is 6.54 Å². The summed E-state index contributed by atoms with van der Waals surface area (Å²) in [6, 6.07) is 11.7. The fraction of sp³-hybridized carbons (Fsp3) is 0.333. The summed E-state index contributed by atoms with van der Waals surface area (Å²) in [5.74, 6) is 0.987. The van der Waals surface area contributed by atoms with Crippen molar-refractivity contribution in [1.29, 1.82) is 0 Å². The first-order valence-electron chi connectivity index (χ1n) is 7.96. The van der Waals surface area contributed by atoms with E-state index in [1.807, 2.05) is 41.3 Å². The van der Waals surface area contributed by atoms with E-state index in [1.165, 1.54) is 6.42 Å². The van der Waals surface area contributed by atoms with Gasteiger partial charge >= 0.3 is 0 Å². The van der Waals surface area contributed by atoms with Crippen LogP contribution in [-0.4, -0.2) is 28.9 Å². The van der Waals surface area contributed by atoms with E-state index in [1.54, 1.807) is 6.20 Å². The first-order valence-corrected chi connectivity index (χ1v) is 8.75. The molecule has 0 spiro atoms. The van der Waals surface area contributed by atoms with Gasteiger partial charge in [-0.2, -0.15) is 0 Å². The number of benzene rings is 1. The number of piperidine rings is 1. The van der Waals surface area contributed by atoms with Crippen molar-refractivity contribution in [3.63, 3.8) is 0 Å². The van der Waals surface area contributed by atoms with E-state index in [0.29, 0.717) is 6.54 Å². The summed E-state index contributed by atoms with van der Waals surface area (Å²) in [6.07, 6.45) is 5.24. The van der Waals surface area contributed by atoms with Crippen LogP contribution >= 0.6 is 15.9 Å². The molecule has 1 N–H and O–H groups in total. The molecule has 1 aromatic heterocycles. The highest BCUT2D eigenvalue weighted by Crippen LogP contribution is 2.15. The second-order valence-electron chi connectivity index (χ2n) is 5.76. The van der Waals surface area contributed by atoms with Gasteiger partial charge in [0.15, 0.2) is 0 Å². The molecule has 120 valence electrons. The zero-order chi connectivity index (χ0) is 16.1. The Labute approximate surface area is 145 Å². The summed E-state index contributed by atoms with van der Waals surface area (Å²) in [5, 5.41) is 3.27. The van der Waals surface area contributed by atoms with E-state index in [4.69, 9.17) is 0 Å². The highest BCUT2D eigenvalue weighted by molar-refractivity contribution is 9.10. The number of rotatable bonds is 4. The van der Waals surface area contributed by atoms with E-state index in [0.717, 1.165) is 47.3 Å². The first kappa shape index (κ1) is 16.0. The van der Waals surface area contributed by atoms with Crippen LogP contribution in [0.1, 0.15) is 35.2 Å². The maximum absolute atomic E-state index is 12.4. The molecule has 0 bridgehead atoms. The number of hydrogen-bond donors (Lipinski definition) is 1. The molecule has 1 amide bonds. The quantitative estimate of drug-likeness (QED) is 0.877. The Morgan fingerprint density at radius 2 is 1.83 bits per heavy atom. The van der Waals surface area contributed by atoms with E-state index < -0.39 is 0 Å². The highest BCUT2D eigenvalue weighted by atomic mass is 79.9. The van der Waals surface area contributed by atoms with Crippen LogP contribution in [0.5, 0.6) is 0 Å². The molecule has 0 unspecified atom stereocenters. The van der Waals surface area contributed by atoms with Crippen LogP contribution in [0.2, 0.25) is 0 Å². The predicted octanol–water partition coefficient (Wildman–Crippen LogP) is 4.08. The van der Waals surface area contributed by atoms with Crippen molar-refractivity contribution in [2.45, 2.75) is 25.8 Å². The Morgan fingerprint density at radius 3 is 2.48 bits per heavy atom. The fourth-order valence-corrected chi connectivity index (χ4v) is 2.95. The number of carbonyl (C=O) groups excluding carboxylic acids is 1. The maximum Gasteiger partial charge on any atom is 0.253 e. The van der Waals surface area contributed by atoms with Crippen LogP contribution in [0.25, 0.3) is 0 Å². The minimum absolute atomic E-state index is 0.152. The van der Waals surface area contributed by atoms with Gasteiger partial charge in [0, 0.05) is 35.9 Å². The van der Waals surface area contributed by atoms with E-state index in [9.17, 15) is 4.79 Å². The fourth-order valence-electron chi connectivity index (χ4n) is 2.72. The van der Waals surface area contributed by atoms with Crippen molar-refractivity contribution in [2.24, 2.45) is 0 Å². The molecular weight excluding hydrogens is 354 g/mol. The molecular formula is C18H20BrN3O. The van der Waals surface area contributed by atoms with Crippen LogP contribution in [0.15, 0.2) is 47.1 Å². The lowest BCUT2D eigenvalue weighted by Crippen LogP contribution is -2.35. The molecule has 2 heterocycles. The Kier molecular flexibility index (Phi) is 5.28. The molecule has 1 aromatic carbocycles. The maximum atomic E-state index is 12.4. The molecule has 5 heteroatoms. The number of aromatic nitrogens is 1. The normalized spacial score (nSPS) is 14.6. The summed E-state index contributed by atoms with van der Waals surface area (Å²) in [4.78, 5) is 18.7. The molecule has 1 fully saturated rings. The second kappa shape index (κ2) is 7.59. The lowest BCUT2D eigenvalue weighted by atomic mass is 10.1. The van der Waals surface area contributed by atoms with E-state index in [2.05, 4.69) is 26.2 Å². The van der Waals surface area contributed by atoms with E-state index >= 15 is 0 Å². The number of amides is 1. The standard InChI is InChI=1S/C18H20BrN3O/c19-16-8-9-17(21-13-16)20-12-14-4-6-15(7-5-14)18(23)22-10-2-1-3-11-22/h4-9,13H,1-3,10-12H2,(H,20,21). The topological polar surface area (TPSA) is 45.2 Å². The number of nitrogens with one attached hydrogen (secondary N) is 1. The Morgan fingerprint density at radius 1 is 1.09 bits per heavy atom. The Hall–Kier alpha value is -1.88. The van der Waals surface area contributed by atoms with Crippen LogP contribution in [0, 0.1) is 0 Å². The molecule has 2 aromatic rings. The summed E-state index contributed by atoms with van der Waals surface area (Å²) in [5.41, 5.74) is 1.90. The SMILES string of the molecule is O=C(c1ccc(CNc2ccc(Br)cn2)cc1)N1CCCCC1. The van der Waals surface area contributed by atoms with Crippen molar-refractivity contribution in [1.82, 2.24) is 9.88 Å². The number of halogens is 1. The molecule has 0 aliphatic carbocycles. The average Bonchev–Trinajstić information content (AvgIpc) is 2.62. The van der Waals surface area contributed by atoms with Gasteiger partial charge in [0.25, 0.3) is 5.91 Å². The first-order chi connectivity index (χ1) is 11.2. The van der Waals surface area contributed by atoms with Crippen LogP contribution in [0.3, 0.4) is 0 Å². The van der Waals surface area contributed by atoms with Crippen molar-refractivity contribution < 1.29 is 4.79 Å². The largest absolute Gasteiger partial charge is 0.366 e. The van der Waals surface area contributed by atoms with Crippen LogP contribution < -0.4 is 5.32 Å². The number of pyridine rings is 1. The summed E-state index contributed by atoms with van der Waals surface area (Å²) in [7, 11) is 0. The van der Waals surface area contributed by atoms with Crippen molar-refractivity contribution in [3.8, 4) is 0 Å². The molecule has 0 atom stereocenters. The van der Waals surface area contributed by atoms with Gasteiger partial charge in [-0.1, -0.05) is 12.1 Å². The van der Waals surface area contributed by atoms with Gasteiger partial charge in [0.05, 0.1) is 0 Å². The van der Waals surface area contributed by atoms with Crippen molar-refractivity contribution in [3.05, 3.63) is 58.2 Å². The smallest absolute Gasteiger partial charge is 0.253 e. The predicted molar refractivity (Wildman–Crippen MR) is 95.5 cm³/mol.